The van der Waals surface area contributed by atoms with Gasteiger partial charge in [-0.25, -0.2) is 14.5 Å². The first-order valence-electron chi connectivity index (χ1n) is 13.3. The van der Waals surface area contributed by atoms with E-state index in [1.165, 1.54) is 12.7 Å². The molecule has 22 heteroatoms. The number of fused-ring (bicyclic) bond motifs is 5. The largest absolute Gasteiger partial charge is 0.472 e. The van der Waals surface area contributed by atoms with E-state index in [4.69, 9.17) is 50.8 Å². The quantitative estimate of drug-likeness (QED) is 0.201. The van der Waals surface area contributed by atoms with Crippen molar-refractivity contribution >= 4 is 55.4 Å². The zero-order valence-corrected chi connectivity index (χ0v) is 24.8. The van der Waals surface area contributed by atoms with Crippen LogP contribution in [0, 0.1) is 0 Å². The third-order valence-electron chi connectivity index (χ3n) is 7.73. The smallest absolute Gasteiger partial charge is 0.383 e. The fraction of sp³-hybridized carbons (Fsp3) is 0.619. The Balaban J connectivity index is 1.12. The van der Waals surface area contributed by atoms with Gasteiger partial charge >= 0.3 is 14.5 Å². The van der Waals surface area contributed by atoms with Gasteiger partial charge in [0, 0.05) is 19.0 Å². The van der Waals surface area contributed by atoms with Crippen molar-refractivity contribution in [3.63, 3.8) is 0 Å². The molecule has 2 aromatic rings. The summed E-state index contributed by atoms with van der Waals surface area (Å²) < 4.78 is 49.5. The zero-order valence-electron chi connectivity index (χ0n) is 22.2. The Kier molecular flexibility index (Phi) is 7.57. The molecule has 7 rings (SSSR count). The molecule has 11 atom stereocenters. The van der Waals surface area contributed by atoms with Crippen molar-refractivity contribution < 1.29 is 46.7 Å². The number of phosphoric acid groups is 1. The molecule has 4 saturated heterocycles. The minimum atomic E-state index is -4.64. The summed E-state index contributed by atoms with van der Waals surface area (Å²) in [4.78, 5) is 48.2. The molecule has 43 heavy (non-hydrogen) atoms. The number of hydrogen-bond acceptors (Lipinski definition) is 16. The first-order chi connectivity index (χ1) is 20.5. The predicted octanol–water partition coefficient (Wildman–Crippen LogP) is -1.45. The number of anilines is 1. The van der Waals surface area contributed by atoms with Crippen LogP contribution < -0.4 is 22.1 Å². The second-order valence-corrected chi connectivity index (χ2v) is 14.7. The summed E-state index contributed by atoms with van der Waals surface area (Å²) in [6.07, 6.45) is -2.15. The van der Waals surface area contributed by atoms with E-state index in [1.54, 1.807) is 21.7 Å². The maximum Gasteiger partial charge on any atom is 0.472 e. The Morgan fingerprint density at radius 2 is 1.93 bits per heavy atom. The number of ether oxygens (including phenoxy) is 2. The van der Waals surface area contributed by atoms with E-state index < -0.39 is 69.9 Å². The second-order valence-electron chi connectivity index (χ2n) is 10.5. The number of carbonyl (C=O) groups is 1. The lowest BCUT2D eigenvalue weighted by molar-refractivity contribution is -0.130. The van der Waals surface area contributed by atoms with Crippen molar-refractivity contribution in [3.05, 3.63) is 18.6 Å². The van der Waals surface area contributed by atoms with Gasteiger partial charge in [0.15, 0.2) is 12.3 Å². The van der Waals surface area contributed by atoms with Gasteiger partial charge in [0.1, 0.15) is 54.8 Å². The van der Waals surface area contributed by atoms with Gasteiger partial charge in [-0.1, -0.05) is 0 Å². The van der Waals surface area contributed by atoms with E-state index in [2.05, 4.69) is 25.6 Å². The van der Waals surface area contributed by atoms with Crippen molar-refractivity contribution in [2.75, 3.05) is 18.9 Å². The summed E-state index contributed by atoms with van der Waals surface area (Å²) in [5, 5.41) is 6.18. The number of carbonyl (C=O) groups excluding carboxylic acids is 1. The van der Waals surface area contributed by atoms with Crippen LogP contribution in [0.1, 0.15) is 19.1 Å². The summed E-state index contributed by atoms with van der Waals surface area (Å²) >= 11 is 5.34. The molecule has 0 saturated carbocycles. The summed E-state index contributed by atoms with van der Waals surface area (Å²) in [6.45, 7) is -4.63. The number of phosphoric ester groups is 1. The molecule has 0 spiro atoms. The summed E-state index contributed by atoms with van der Waals surface area (Å²) in [6, 6.07) is 0.915. The minimum absolute atomic E-state index is 0.101. The molecular weight excluding hydrogens is 632 g/mol. The van der Waals surface area contributed by atoms with Crippen molar-refractivity contribution in [3.8, 4) is 0 Å². The standard InChI is InChI=1S/C21H29N9O10P2S/c22-16-10-1-2-29(17(10)25-7-24-16)14-4-11-13(38-14)6-36-42(34,43)40-12-3-9(5-35-41(32,33)39-11)37-20(12)30-8-26-15-18(30)27-21(23)28-19(15)31/h1-2,7-9,11-15,18,20-21,27H,3-6,23H2,(H,28,31)(H,32,33)(H,34,43)(H2,22,24,25)/t9-,11-,12+,13+,14+,15?,18?,20+,21?,42?/m0/s1. The number of hydrogen-bond donors (Lipinski definition) is 6. The van der Waals surface area contributed by atoms with E-state index in [9.17, 15) is 19.1 Å². The van der Waals surface area contributed by atoms with E-state index in [0.717, 1.165) is 0 Å². The number of nitrogens with two attached hydrogens (primary N) is 2. The molecule has 4 fully saturated rings. The van der Waals surface area contributed by atoms with Crippen molar-refractivity contribution in [2.24, 2.45) is 10.7 Å². The van der Waals surface area contributed by atoms with Crippen LogP contribution >= 0.6 is 14.5 Å². The lowest BCUT2D eigenvalue weighted by Gasteiger charge is -2.39. The first-order valence-corrected chi connectivity index (χ1v) is 17.4. The van der Waals surface area contributed by atoms with Gasteiger partial charge in [0.05, 0.1) is 31.0 Å². The topological polar surface area (TPSA) is 252 Å². The molecular formula is C21H29N9O10P2S. The van der Waals surface area contributed by atoms with Gasteiger partial charge in [-0.15, -0.1) is 0 Å². The van der Waals surface area contributed by atoms with E-state index in [-0.39, 0.29) is 37.8 Å². The molecule has 2 aromatic heterocycles. The fourth-order valence-corrected chi connectivity index (χ4v) is 8.25. The maximum atomic E-state index is 13.1. The predicted molar refractivity (Wildman–Crippen MR) is 149 cm³/mol. The third-order valence-corrected chi connectivity index (χ3v) is 10.3. The van der Waals surface area contributed by atoms with Crippen molar-refractivity contribution in [1.29, 1.82) is 0 Å². The van der Waals surface area contributed by atoms with Crippen LogP contribution in [0.25, 0.3) is 11.0 Å². The van der Waals surface area contributed by atoms with Crippen LogP contribution in [0.15, 0.2) is 23.6 Å². The Hall–Kier alpha value is -2.16. The first kappa shape index (κ1) is 29.5. The molecule has 2 bridgehead atoms. The monoisotopic (exact) mass is 661 g/mol. The van der Waals surface area contributed by atoms with Gasteiger partial charge in [-0.2, -0.15) is 0 Å². The summed E-state index contributed by atoms with van der Waals surface area (Å²) in [5.74, 6) is -0.0961. The van der Waals surface area contributed by atoms with Gasteiger partial charge in [0.2, 0.25) is 0 Å². The number of rotatable bonds is 2. The van der Waals surface area contributed by atoms with Gasteiger partial charge in [-0.05, 0) is 17.9 Å². The normalized spacial score (nSPS) is 43.5. The average molecular weight is 662 g/mol. The SMILES string of the molecule is Nc1ncnc2c1ccn2[C@H]1C[C@@H]2OP(=O)(O)OC[C@@H]3C[C@@H](OP(O)(=S)OC[C@H]2O1)[C@H](N1C=NC2C(=O)NC(N)NC21)O3. The molecule has 5 unspecified atom stereocenters. The Morgan fingerprint density at radius 1 is 1.09 bits per heavy atom. The molecule has 19 nitrogen and oxygen atoms in total. The molecule has 0 radical (unpaired) electrons. The molecule has 1 amide bonds. The number of nitrogens with zero attached hydrogens (tertiary/aromatic N) is 5. The summed E-state index contributed by atoms with van der Waals surface area (Å²) in [7, 11) is -4.64. The second kappa shape index (κ2) is 11.0. The Bertz CT molecular complexity index is 1550. The lowest BCUT2D eigenvalue weighted by Crippen LogP contribution is -2.70. The van der Waals surface area contributed by atoms with Gasteiger partial charge in [-0.3, -0.25) is 29.9 Å². The van der Waals surface area contributed by atoms with Crippen molar-refractivity contribution in [1.82, 2.24) is 30.1 Å². The molecule has 0 aromatic carbocycles. The number of nitrogen functional groups attached to an aromatic ring is 1. The molecule has 0 aliphatic carbocycles. The zero-order chi connectivity index (χ0) is 30.1. The molecule has 5 aliphatic rings. The van der Waals surface area contributed by atoms with Crippen LogP contribution in [-0.2, 0) is 48.7 Å². The fourth-order valence-electron chi connectivity index (χ4n) is 5.83. The Labute approximate surface area is 248 Å². The Morgan fingerprint density at radius 3 is 2.77 bits per heavy atom. The number of aromatic nitrogens is 3. The van der Waals surface area contributed by atoms with Gasteiger partial charge in [0.25, 0.3) is 5.91 Å². The highest BCUT2D eigenvalue weighted by Crippen LogP contribution is 2.53. The number of aliphatic imine (C=N–C) groups is 1. The highest BCUT2D eigenvalue weighted by atomic mass is 32.5. The highest BCUT2D eigenvalue weighted by Gasteiger charge is 2.51. The molecule has 8 N–H and O–H groups in total. The minimum Gasteiger partial charge on any atom is -0.383 e. The van der Waals surface area contributed by atoms with Gasteiger partial charge < -0.3 is 48.8 Å². The van der Waals surface area contributed by atoms with E-state index >= 15 is 0 Å². The maximum absolute atomic E-state index is 13.1. The average Bonchev–Trinajstić information content (AvgIpc) is 3.71. The van der Waals surface area contributed by atoms with Crippen LogP contribution in [0.5, 0.6) is 0 Å². The van der Waals surface area contributed by atoms with E-state index in [1.807, 2.05) is 0 Å². The van der Waals surface area contributed by atoms with Crippen LogP contribution in [0.2, 0.25) is 0 Å². The number of nitrogens with one attached hydrogen (secondary N) is 2. The molecule has 234 valence electrons. The highest BCUT2D eigenvalue weighted by molar-refractivity contribution is 8.07. The lowest BCUT2D eigenvalue weighted by atomic mass is 10.1. The summed E-state index contributed by atoms with van der Waals surface area (Å²) in [5.41, 5.74) is 12.3. The van der Waals surface area contributed by atoms with Crippen LogP contribution in [0.3, 0.4) is 0 Å². The van der Waals surface area contributed by atoms with E-state index in [0.29, 0.717) is 11.0 Å². The van der Waals surface area contributed by atoms with Crippen molar-refractivity contribution in [2.45, 2.75) is 68.2 Å². The third kappa shape index (κ3) is 5.72. The van der Waals surface area contributed by atoms with Crippen LogP contribution in [-0.4, -0.2) is 104 Å². The molecule has 5 aliphatic heterocycles. The molecule has 7 heterocycles. The van der Waals surface area contributed by atoms with Crippen LogP contribution in [0.4, 0.5) is 5.82 Å². The number of amides is 1.